The van der Waals surface area contributed by atoms with Gasteiger partial charge in [0, 0.05) is 18.6 Å². The van der Waals surface area contributed by atoms with Crippen LogP contribution in [-0.4, -0.2) is 29.5 Å². The Kier molecular flexibility index (Phi) is 7.77. The second-order valence-electron chi connectivity index (χ2n) is 6.89. The minimum absolute atomic E-state index is 0. The van der Waals surface area contributed by atoms with Crippen molar-refractivity contribution in [3.05, 3.63) is 18.3 Å². The Labute approximate surface area is 156 Å². The van der Waals surface area contributed by atoms with Crippen LogP contribution in [0.3, 0.4) is 0 Å². The summed E-state index contributed by atoms with van der Waals surface area (Å²) in [4.78, 5) is 19.3. The van der Waals surface area contributed by atoms with Gasteiger partial charge in [-0.2, -0.15) is 0 Å². The van der Waals surface area contributed by atoms with Crippen molar-refractivity contribution in [2.24, 2.45) is 11.7 Å². The van der Waals surface area contributed by atoms with E-state index >= 15 is 0 Å². The molecule has 2 aliphatic rings. The molecule has 0 aromatic carbocycles. The zero-order valence-corrected chi connectivity index (χ0v) is 15.8. The van der Waals surface area contributed by atoms with E-state index in [4.69, 9.17) is 5.73 Å². The molecule has 5 nitrogen and oxygen atoms in total. The summed E-state index contributed by atoms with van der Waals surface area (Å²) in [5.41, 5.74) is 6.66. The molecule has 1 saturated carbocycles. The summed E-state index contributed by atoms with van der Waals surface area (Å²) in [7, 11) is 0. The molecular weight excluding hydrogens is 347 g/mol. The fourth-order valence-electron chi connectivity index (χ4n) is 3.61. The SMILES string of the molecule is CC1(N)CCCCC1C(=O)Nc1ccc(N2CCCC2)nc1.Cl.Cl. The fraction of sp³-hybridized carbons (Fsp3) is 0.647. The summed E-state index contributed by atoms with van der Waals surface area (Å²) >= 11 is 0. The Bertz CT molecular complexity index is 530. The third-order valence-electron chi connectivity index (χ3n) is 5.02. The maximum atomic E-state index is 12.5. The molecule has 0 bridgehead atoms. The zero-order valence-electron chi connectivity index (χ0n) is 14.2. The van der Waals surface area contributed by atoms with Gasteiger partial charge in [0.2, 0.25) is 5.91 Å². The number of hydrogen-bond donors (Lipinski definition) is 2. The van der Waals surface area contributed by atoms with Crippen molar-refractivity contribution >= 4 is 42.2 Å². The Morgan fingerprint density at radius 2 is 1.96 bits per heavy atom. The summed E-state index contributed by atoms with van der Waals surface area (Å²) in [6, 6.07) is 3.93. The van der Waals surface area contributed by atoms with Crippen LogP contribution >= 0.6 is 24.8 Å². The number of amides is 1. The molecule has 136 valence electrons. The van der Waals surface area contributed by atoms with Crippen LogP contribution in [-0.2, 0) is 4.79 Å². The van der Waals surface area contributed by atoms with Crippen LogP contribution in [0, 0.1) is 5.92 Å². The highest BCUT2D eigenvalue weighted by atomic mass is 35.5. The predicted molar refractivity (Wildman–Crippen MR) is 103 cm³/mol. The molecule has 1 amide bonds. The molecule has 1 saturated heterocycles. The van der Waals surface area contributed by atoms with Gasteiger partial charge in [-0.1, -0.05) is 12.8 Å². The van der Waals surface area contributed by atoms with Crippen molar-refractivity contribution in [2.75, 3.05) is 23.3 Å². The summed E-state index contributed by atoms with van der Waals surface area (Å²) in [6.45, 7) is 4.14. The zero-order chi connectivity index (χ0) is 15.6. The highest BCUT2D eigenvalue weighted by molar-refractivity contribution is 5.93. The average molecular weight is 375 g/mol. The first-order valence-electron chi connectivity index (χ1n) is 8.37. The van der Waals surface area contributed by atoms with Gasteiger partial charge in [-0.25, -0.2) is 4.98 Å². The molecule has 2 fully saturated rings. The molecule has 2 heterocycles. The number of nitrogens with two attached hydrogens (primary N) is 1. The van der Waals surface area contributed by atoms with Gasteiger partial charge in [0.15, 0.2) is 0 Å². The predicted octanol–water partition coefficient (Wildman–Crippen LogP) is 3.37. The van der Waals surface area contributed by atoms with Gasteiger partial charge in [-0.05, 0) is 44.7 Å². The van der Waals surface area contributed by atoms with Gasteiger partial charge in [-0.3, -0.25) is 4.79 Å². The standard InChI is InChI=1S/C17H26N4O.2ClH/c1-17(18)9-3-2-6-14(17)16(22)20-13-7-8-15(19-12-13)21-10-4-5-11-21;;/h7-8,12,14H,2-6,9-11,18H2,1H3,(H,20,22);2*1H. The van der Waals surface area contributed by atoms with Crippen LogP contribution in [0.4, 0.5) is 11.5 Å². The van der Waals surface area contributed by atoms with Crippen molar-refractivity contribution in [3.63, 3.8) is 0 Å². The fourth-order valence-corrected chi connectivity index (χ4v) is 3.61. The van der Waals surface area contributed by atoms with E-state index in [1.807, 2.05) is 19.1 Å². The monoisotopic (exact) mass is 374 g/mol. The number of pyridine rings is 1. The number of hydrogen-bond acceptors (Lipinski definition) is 4. The Morgan fingerprint density at radius 3 is 2.54 bits per heavy atom. The van der Waals surface area contributed by atoms with E-state index in [2.05, 4.69) is 15.2 Å². The lowest BCUT2D eigenvalue weighted by atomic mass is 9.74. The largest absolute Gasteiger partial charge is 0.357 e. The molecule has 1 aliphatic carbocycles. The number of rotatable bonds is 3. The second kappa shape index (κ2) is 8.88. The topological polar surface area (TPSA) is 71.2 Å². The molecule has 2 atom stereocenters. The quantitative estimate of drug-likeness (QED) is 0.850. The lowest BCUT2D eigenvalue weighted by Gasteiger charge is -2.37. The van der Waals surface area contributed by atoms with Crippen LogP contribution in [0.1, 0.15) is 45.4 Å². The van der Waals surface area contributed by atoms with Crippen molar-refractivity contribution in [1.82, 2.24) is 4.98 Å². The van der Waals surface area contributed by atoms with Crippen molar-refractivity contribution in [1.29, 1.82) is 0 Å². The third kappa shape index (κ3) is 4.74. The molecule has 7 heteroatoms. The Balaban J connectivity index is 0.00000144. The molecule has 0 radical (unpaired) electrons. The maximum absolute atomic E-state index is 12.5. The van der Waals surface area contributed by atoms with Gasteiger partial charge in [0.25, 0.3) is 0 Å². The molecular formula is C17H28Cl2N4O. The lowest BCUT2D eigenvalue weighted by molar-refractivity contribution is -0.122. The number of halogens is 2. The van der Waals surface area contributed by atoms with Crippen molar-refractivity contribution in [3.8, 4) is 0 Å². The number of aromatic nitrogens is 1. The van der Waals surface area contributed by atoms with Crippen LogP contribution in [0.25, 0.3) is 0 Å². The van der Waals surface area contributed by atoms with E-state index in [-0.39, 0.29) is 36.6 Å². The Hall–Kier alpha value is -1.04. The molecule has 24 heavy (non-hydrogen) atoms. The molecule has 3 N–H and O–H groups in total. The van der Waals surface area contributed by atoms with Crippen LogP contribution in [0.2, 0.25) is 0 Å². The van der Waals surface area contributed by atoms with Gasteiger partial charge in [0.1, 0.15) is 5.82 Å². The first-order chi connectivity index (χ1) is 10.6. The van der Waals surface area contributed by atoms with Crippen molar-refractivity contribution < 1.29 is 4.79 Å². The smallest absolute Gasteiger partial charge is 0.229 e. The maximum Gasteiger partial charge on any atom is 0.229 e. The van der Waals surface area contributed by atoms with E-state index in [0.717, 1.165) is 50.3 Å². The second-order valence-corrected chi connectivity index (χ2v) is 6.89. The number of nitrogens with zero attached hydrogens (tertiary/aromatic N) is 2. The summed E-state index contributed by atoms with van der Waals surface area (Å²) in [5, 5.41) is 2.99. The van der Waals surface area contributed by atoms with Gasteiger partial charge < -0.3 is 16.0 Å². The number of carbonyl (C=O) groups excluding carboxylic acids is 1. The lowest BCUT2D eigenvalue weighted by Crippen LogP contribution is -2.51. The van der Waals surface area contributed by atoms with Crippen LogP contribution < -0.4 is 16.0 Å². The highest BCUT2D eigenvalue weighted by Gasteiger charge is 2.37. The highest BCUT2D eigenvalue weighted by Crippen LogP contribution is 2.32. The third-order valence-corrected chi connectivity index (χ3v) is 5.02. The number of anilines is 2. The van der Waals surface area contributed by atoms with Gasteiger partial charge >= 0.3 is 0 Å². The molecule has 1 aromatic rings. The summed E-state index contributed by atoms with van der Waals surface area (Å²) < 4.78 is 0. The molecule has 1 aliphatic heterocycles. The molecule has 0 spiro atoms. The minimum Gasteiger partial charge on any atom is -0.357 e. The first-order valence-corrected chi connectivity index (χ1v) is 8.37. The van der Waals surface area contributed by atoms with Gasteiger partial charge in [-0.15, -0.1) is 24.8 Å². The molecule has 2 unspecified atom stereocenters. The van der Waals surface area contributed by atoms with E-state index in [0.29, 0.717) is 0 Å². The number of carbonyl (C=O) groups is 1. The molecule has 1 aromatic heterocycles. The molecule has 3 rings (SSSR count). The van der Waals surface area contributed by atoms with E-state index in [9.17, 15) is 4.79 Å². The summed E-state index contributed by atoms with van der Waals surface area (Å²) in [5.74, 6) is 0.914. The number of nitrogens with one attached hydrogen (secondary N) is 1. The van der Waals surface area contributed by atoms with Crippen molar-refractivity contribution in [2.45, 2.75) is 51.0 Å². The van der Waals surface area contributed by atoms with E-state index in [1.54, 1.807) is 6.20 Å². The van der Waals surface area contributed by atoms with E-state index < -0.39 is 5.54 Å². The van der Waals surface area contributed by atoms with Gasteiger partial charge in [0.05, 0.1) is 17.8 Å². The normalized spacial score (nSPS) is 26.2. The van der Waals surface area contributed by atoms with Crippen LogP contribution in [0.5, 0.6) is 0 Å². The first kappa shape index (κ1) is 21.0. The Morgan fingerprint density at radius 1 is 1.25 bits per heavy atom. The minimum atomic E-state index is -0.398. The summed E-state index contributed by atoms with van der Waals surface area (Å²) in [6.07, 6.45) is 8.20. The average Bonchev–Trinajstić information content (AvgIpc) is 3.01. The van der Waals surface area contributed by atoms with E-state index in [1.165, 1.54) is 12.8 Å². The van der Waals surface area contributed by atoms with Crippen LogP contribution in [0.15, 0.2) is 18.3 Å².